The summed E-state index contributed by atoms with van der Waals surface area (Å²) in [6.45, 7) is 2.19. The number of aromatic nitrogens is 1. The van der Waals surface area contributed by atoms with Crippen molar-refractivity contribution in [1.29, 1.82) is 0 Å². The van der Waals surface area contributed by atoms with Crippen molar-refractivity contribution >= 4 is 82.0 Å². The summed E-state index contributed by atoms with van der Waals surface area (Å²) in [5.74, 6) is 0. The van der Waals surface area contributed by atoms with Gasteiger partial charge < -0.3 is 13.2 Å². The molecule has 46 heavy (non-hydrogen) atoms. The van der Waals surface area contributed by atoms with Crippen LogP contribution in [-0.4, -0.2) is 4.40 Å². The molecule has 3 nitrogen and oxygen atoms in total. The van der Waals surface area contributed by atoms with Gasteiger partial charge in [-0.15, -0.1) is 0 Å². The van der Waals surface area contributed by atoms with Crippen LogP contribution >= 0.6 is 0 Å². The molecule has 4 aromatic heterocycles. The van der Waals surface area contributed by atoms with E-state index >= 15 is 0 Å². The van der Waals surface area contributed by atoms with Gasteiger partial charge >= 0.3 is 0 Å². The van der Waals surface area contributed by atoms with Crippen LogP contribution in [-0.2, 0) is 0 Å². The van der Waals surface area contributed by atoms with Gasteiger partial charge in [0.2, 0.25) is 0 Å². The highest BCUT2D eigenvalue weighted by molar-refractivity contribution is 6.32. The quantitative estimate of drug-likeness (QED) is 0.201. The third kappa shape index (κ3) is 3.07. The summed E-state index contributed by atoms with van der Waals surface area (Å²) in [7, 11) is 0. The van der Waals surface area contributed by atoms with Crippen molar-refractivity contribution in [2.75, 3.05) is 0 Å². The van der Waals surface area contributed by atoms with Gasteiger partial charge in [0.25, 0.3) is 0 Å². The molecule has 4 heterocycles. The van der Waals surface area contributed by atoms with E-state index in [9.17, 15) is 0 Å². The topological polar surface area (TPSA) is 30.7 Å². The Hall–Kier alpha value is -6.06. The first kappa shape index (κ1) is 24.3. The largest absolute Gasteiger partial charge is 0.454 e. The van der Waals surface area contributed by atoms with Gasteiger partial charge in [-0.3, -0.25) is 0 Å². The molecular formula is C43H25NO2. The Bertz CT molecular complexity index is 2870. The second-order valence-electron chi connectivity index (χ2n) is 12.6. The molecule has 0 aliphatic carbocycles. The number of para-hydroxylation sites is 2. The van der Waals surface area contributed by atoms with Crippen LogP contribution in [0.25, 0.3) is 104 Å². The van der Waals surface area contributed by atoms with Crippen molar-refractivity contribution in [1.82, 2.24) is 4.40 Å². The third-order valence-corrected chi connectivity index (χ3v) is 9.92. The van der Waals surface area contributed by atoms with Gasteiger partial charge in [-0.1, -0.05) is 91.0 Å². The normalized spacial score (nSPS) is 12.5. The molecule has 0 aliphatic heterocycles. The van der Waals surface area contributed by atoms with Gasteiger partial charge in [0, 0.05) is 43.1 Å². The summed E-state index contributed by atoms with van der Waals surface area (Å²) in [6, 6.07) is 48.0. The first-order chi connectivity index (χ1) is 22.7. The number of furan rings is 2. The molecule has 11 rings (SSSR count). The maximum Gasteiger partial charge on any atom is 0.160 e. The molecule has 0 N–H and O–H groups in total. The van der Waals surface area contributed by atoms with Crippen LogP contribution in [0, 0.1) is 6.92 Å². The number of hydrogen-bond donors (Lipinski definition) is 0. The highest BCUT2D eigenvalue weighted by atomic mass is 16.3. The molecule has 0 fully saturated rings. The van der Waals surface area contributed by atoms with E-state index in [4.69, 9.17) is 8.83 Å². The standard InChI is InChI=1S/C43H25NO2/c1-24-19-26(25-9-3-2-4-10-25)21-27(20-24)28-22-35-31-15-17-33-29-11-5-7-13-37(29)45-42(33)40(31)44-39(35)36(23-28)32-16-18-34-30-12-6-8-14-38(30)46-43(34)41(32)44/h2-23H,1H3. The molecule has 0 amide bonds. The average Bonchev–Trinajstić information content (AvgIpc) is 3.84. The zero-order chi connectivity index (χ0) is 30.1. The summed E-state index contributed by atoms with van der Waals surface area (Å²) in [6.07, 6.45) is 0. The van der Waals surface area contributed by atoms with Crippen LogP contribution in [0.5, 0.6) is 0 Å². The zero-order valence-electron chi connectivity index (χ0n) is 25.0. The SMILES string of the molecule is Cc1cc(-c2ccccc2)cc(-c2cc3c4ccc5c6ccccc6oc5c4n4c3c(c2)c2ccc3c5ccccc5oc3c24)c1. The summed E-state index contributed by atoms with van der Waals surface area (Å²) in [5, 5.41) is 9.30. The molecule has 0 aliphatic rings. The molecule has 0 saturated carbocycles. The number of fused-ring (bicyclic) bond motifs is 14. The van der Waals surface area contributed by atoms with Gasteiger partial charge in [-0.05, 0) is 77.2 Å². The lowest BCUT2D eigenvalue weighted by atomic mass is 9.94. The van der Waals surface area contributed by atoms with E-state index in [1.165, 1.54) is 54.9 Å². The third-order valence-electron chi connectivity index (χ3n) is 9.92. The minimum atomic E-state index is 0.900. The van der Waals surface area contributed by atoms with E-state index in [2.05, 4.69) is 133 Å². The van der Waals surface area contributed by atoms with Crippen molar-refractivity contribution < 1.29 is 8.83 Å². The first-order valence-corrected chi connectivity index (χ1v) is 15.8. The van der Waals surface area contributed by atoms with Gasteiger partial charge in [0.1, 0.15) is 11.2 Å². The van der Waals surface area contributed by atoms with Crippen LogP contribution in [0.15, 0.2) is 142 Å². The smallest absolute Gasteiger partial charge is 0.160 e. The number of rotatable bonds is 2. The highest BCUT2D eigenvalue weighted by Gasteiger charge is 2.25. The fourth-order valence-corrected chi connectivity index (χ4v) is 7.96. The number of nitrogens with zero attached hydrogens (tertiary/aromatic N) is 1. The Balaban J connectivity index is 1.34. The highest BCUT2D eigenvalue weighted by Crippen LogP contribution is 2.47. The fraction of sp³-hybridized carbons (Fsp3) is 0.0233. The predicted molar refractivity (Wildman–Crippen MR) is 191 cm³/mol. The Morgan fingerprint density at radius 1 is 0.370 bits per heavy atom. The van der Waals surface area contributed by atoms with Gasteiger partial charge in [0.05, 0.1) is 16.6 Å². The summed E-state index contributed by atoms with van der Waals surface area (Å²) >= 11 is 0. The molecule has 0 unspecified atom stereocenters. The molecular weight excluding hydrogens is 562 g/mol. The molecule has 214 valence electrons. The fourth-order valence-electron chi connectivity index (χ4n) is 7.96. The average molecular weight is 588 g/mol. The van der Waals surface area contributed by atoms with Crippen LogP contribution in [0.1, 0.15) is 5.56 Å². The van der Waals surface area contributed by atoms with Crippen molar-refractivity contribution in [3.05, 3.63) is 139 Å². The molecule has 0 atom stereocenters. The van der Waals surface area contributed by atoms with Crippen LogP contribution in [0.3, 0.4) is 0 Å². The minimum Gasteiger partial charge on any atom is -0.454 e. The molecule has 0 radical (unpaired) electrons. The molecule has 0 saturated heterocycles. The van der Waals surface area contributed by atoms with Crippen molar-refractivity contribution in [3.8, 4) is 22.3 Å². The van der Waals surface area contributed by atoms with Crippen molar-refractivity contribution in [2.45, 2.75) is 6.92 Å². The lowest BCUT2D eigenvalue weighted by Crippen LogP contribution is -1.85. The van der Waals surface area contributed by atoms with Gasteiger partial charge in [0.15, 0.2) is 11.2 Å². The van der Waals surface area contributed by atoms with Crippen LogP contribution in [0.2, 0.25) is 0 Å². The number of aryl methyl sites for hydroxylation is 1. The lowest BCUT2D eigenvalue weighted by molar-refractivity contribution is 0.670. The minimum absolute atomic E-state index is 0.900. The molecule has 3 heteroatoms. The second-order valence-corrected chi connectivity index (χ2v) is 12.6. The molecule has 7 aromatic carbocycles. The predicted octanol–water partition coefficient (Wildman–Crippen LogP) is 12.3. The Morgan fingerprint density at radius 3 is 1.43 bits per heavy atom. The summed E-state index contributed by atoms with van der Waals surface area (Å²) in [5.41, 5.74) is 13.1. The summed E-state index contributed by atoms with van der Waals surface area (Å²) in [4.78, 5) is 0. The number of hydrogen-bond acceptors (Lipinski definition) is 2. The first-order valence-electron chi connectivity index (χ1n) is 15.8. The van der Waals surface area contributed by atoms with E-state index in [0.29, 0.717) is 0 Å². The van der Waals surface area contributed by atoms with E-state index in [0.717, 1.165) is 54.9 Å². The van der Waals surface area contributed by atoms with Crippen molar-refractivity contribution in [3.63, 3.8) is 0 Å². The summed E-state index contributed by atoms with van der Waals surface area (Å²) < 4.78 is 15.8. The maximum atomic E-state index is 6.69. The molecule has 11 aromatic rings. The molecule has 0 spiro atoms. The number of benzene rings is 7. The Kier molecular flexibility index (Phi) is 4.52. The van der Waals surface area contributed by atoms with Gasteiger partial charge in [-0.25, -0.2) is 0 Å². The van der Waals surface area contributed by atoms with E-state index in [1.54, 1.807) is 0 Å². The Morgan fingerprint density at radius 2 is 0.848 bits per heavy atom. The Labute approximate surface area is 262 Å². The van der Waals surface area contributed by atoms with Gasteiger partial charge in [-0.2, -0.15) is 0 Å². The van der Waals surface area contributed by atoms with Crippen molar-refractivity contribution in [2.24, 2.45) is 0 Å². The molecule has 0 bridgehead atoms. The van der Waals surface area contributed by atoms with E-state index in [1.807, 2.05) is 12.1 Å². The van der Waals surface area contributed by atoms with Crippen LogP contribution in [0.4, 0.5) is 0 Å². The van der Waals surface area contributed by atoms with Crippen LogP contribution < -0.4 is 0 Å². The van der Waals surface area contributed by atoms with E-state index < -0.39 is 0 Å². The van der Waals surface area contributed by atoms with E-state index in [-0.39, 0.29) is 0 Å². The maximum absolute atomic E-state index is 6.69. The monoisotopic (exact) mass is 587 g/mol. The zero-order valence-corrected chi connectivity index (χ0v) is 25.0. The second kappa shape index (κ2) is 8.56. The lowest BCUT2D eigenvalue weighted by Gasteiger charge is -2.10.